The molecule has 0 N–H and O–H groups in total. The second-order valence-corrected chi connectivity index (χ2v) is 9.13. The second kappa shape index (κ2) is 9.77. The molecule has 0 bridgehead atoms. The lowest BCUT2D eigenvalue weighted by Gasteiger charge is -2.26. The quantitative estimate of drug-likeness (QED) is 0.332. The zero-order chi connectivity index (χ0) is 20.9. The summed E-state index contributed by atoms with van der Waals surface area (Å²) in [5.74, 6) is 0.284. The minimum absolute atomic E-state index is 0.000762. The predicted octanol–water partition coefficient (Wildman–Crippen LogP) is 8.33. The van der Waals surface area contributed by atoms with Crippen molar-refractivity contribution in [2.75, 3.05) is 0 Å². The van der Waals surface area contributed by atoms with Gasteiger partial charge >= 0.3 is 0 Å². The first-order valence-electron chi connectivity index (χ1n) is 12.0. The number of hydrogen-bond acceptors (Lipinski definition) is 0. The fourth-order valence-corrected chi connectivity index (χ4v) is 5.02. The summed E-state index contributed by atoms with van der Waals surface area (Å²) in [7, 11) is 0. The molecule has 1 atom stereocenters. The van der Waals surface area contributed by atoms with Crippen LogP contribution >= 0.6 is 0 Å². The van der Waals surface area contributed by atoms with Gasteiger partial charge in [-0.05, 0) is 84.1 Å². The van der Waals surface area contributed by atoms with Crippen LogP contribution in [0.3, 0.4) is 0 Å². The zero-order valence-electron chi connectivity index (χ0n) is 18.6. The number of unbranched alkanes of at least 4 members (excludes halogenated alkanes) is 3. The molecule has 0 nitrogen and oxygen atoms in total. The molecule has 1 heteroatoms. The van der Waals surface area contributed by atoms with E-state index in [4.69, 9.17) is 0 Å². The molecular formula is C29H35F. The molecule has 0 aromatic heterocycles. The van der Waals surface area contributed by atoms with Gasteiger partial charge in [0.1, 0.15) is 5.82 Å². The minimum atomic E-state index is -0.000762. The molecule has 158 valence electrons. The summed E-state index contributed by atoms with van der Waals surface area (Å²) < 4.78 is 15.5. The highest BCUT2D eigenvalue weighted by Gasteiger charge is 2.23. The highest BCUT2D eigenvalue weighted by atomic mass is 19.1. The zero-order valence-corrected chi connectivity index (χ0v) is 18.6. The lowest BCUT2D eigenvalue weighted by atomic mass is 9.79. The summed E-state index contributed by atoms with van der Waals surface area (Å²) in [6.45, 7) is 4.47. The van der Waals surface area contributed by atoms with E-state index < -0.39 is 0 Å². The molecule has 4 rings (SSSR count). The Balaban J connectivity index is 1.53. The molecule has 0 spiro atoms. The highest BCUT2D eigenvalue weighted by molar-refractivity contribution is 5.84. The number of benzene rings is 3. The van der Waals surface area contributed by atoms with E-state index in [0.29, 0.717) is 0 Å². The molecule has 3 aromatic rings. The van der Waals surface area contributed by atoms with Crippen LogP contribution in [0.25, 0.3) is 10.8 Å². The summed E-state index contributed by atoms with van der Waals surface area (Å²) in [5, 5.41) is 1.82. The van der Waals surface area contributed by atoms with Crippen molar-refractivity contribution in [2.24, 2.45) is 0 Å². The van der Waals surface area contributed by atoms with Crippen LogP contribution in [0.15, 0.2) is 48.5 Å². The fourth-order valence-electron chi connectivity index (χ4n) is 5.02. The van der Waals surface area contributed by atoms with Gasteiger partial charge in [-0.2, -0.15) is 0 Å². The van der Waals surface area contributed by atoms with Crippen molar-refractivity contribution in [3.8, 4) is 0 Å². The molecule has 0 heterocycles. The molecule has 0 saturated heterocycles. The van der Waals surface area contributed by atoms with Gasteiger partial charge in [0, 0.05) is 5.39 Å². The van der Waals surface area contributed by atoms with Gasteiger partial charge < -0.3 is 0 Å². The van der Waals surface area contributed by atoms with Gasteiger partial charge in [0.2, 0.25) is 0 Å². The van der Waals surface area contributed by atoms with E-state index in [1.54, 1.807) is 0 Å². The van der Waals surface area contributed by atoms with E-state index >= 15 is 4.39 Å². The predicted molar refractivity (Wildman–Crippen MR) is 127 cm³/mol. The Labute approximate surface area is 181 Å². The van der Waals surface area contributed by atoms with Crippen molar-refractivity contribution in [1.29, 1.82) is 0 Å². The third-order valence-electron chi connectivity index (χ3n) is 6.88. The van der Waals surface area contributed by atoms with Gasteiger partial charge in [0.05, 0.1) is 0 Å². The van der Waals surface area contributed by atoms with Gasteiger partial charge in [-0.15, -0.1) is 0 Å². The standard InChI is InChI=1S/C29H35F/c1-3-5-7-9-22-10-12-24-20-26(14-13-23(24)18-22)28-17-15-25-19-21(8-6-4-2)11-16-27(25)29(28)30/h10-12,15-19,26H,3-9,13-14,20H2,1-2H3. The van der Waals surface area contributed by atoms with Crippen LogP contribution in [0.4, 0.5) is 4.39 Å². The maximum Gasteiger partial charge on any atom is 0.134 e. The van der Waals surface area contributed by atoms with E-state index in [1.807, 2.05) is 6.07 Å². The van der Waals surface area contributed by atoms with E-state index in [2.05, 4.69) is 56.3 Å². The van der Waals surface area contributed by atoms with E-state index in [-0.39, 0.29) is 11.7 Å². The van der Waals surface area contributed by atoms with Gasteiger partial charge in [-0.25, -0.2) is 4.39 Å². The lowest BCUT2D eigenvalue weighted by molar-refractivity contribution is 0.539. The molecule has 0 fully saturated rings. The number of rotatable bonds is 8. The maximum absolute atomic E-state index is 15.5. The van der Waals surface area contributed by atoms with Crippen molar-refractivity contribution in [1.82, 2.24) is 0 Å². The van der Waals surface area contributed by atoms with Gasteiger partial charge in [-0.3, -0.25) is 0 Å². The van der Waals surface area contributed by atoms with Crippen LogP contribution in [0, 0.1) is 5.82 Å². The van der Waals surface area contributed by atoms with E-state index in [1.165, 1.54) is 60.8 Å². The Bertz CT molecular complexity index is 1000. The Hall–Kier alpha value is -2.15. The SMILES string of the molecule is CCCCCc1ccc2c(c1)CCC(c1ccc3cc(CCCC)ccc3c1F)C2. The molecular weight excluding hydrogens is 367 g/mol. The van der Waals surface area contributed by atoms with Crippen LogP contribution < -0.4 is 0 Å². The third kappa shape index (κ3) is 4.61. The first-order chi connectivity index (χ1) is 14.7. The normalized spacial score (nSPS) is 16.0. The molecule has 1 aliphatic carbocycles. The molecule has 0 radical (unpaired) electrons. The number of hydrogen-bond donors (Lipinski definition) is 0. The fraction of sp³-hybridized carbons (Fsp3) is 0.448. The monoisotopic (exact) mass is 402 g/mol. The van der Waals surface area contributed by atoms with Gasteiger partial charge in [0.15, 0.2) is 0 Å². The second-order valence-electron chi connectivity index (χ2n) is 9.13. The molecule has 3 aromatic carbocycles. The Morgan fingerprint density at radius 1 is 0.800 bits per heavy atom. The Kier molecular flexibility index (Phi) is 6.87. The first-order valence-corrected chi connectivity index (χ1v) is 12.0. The lowest BCUT2D eigenvalue weighted by Crippen LogP contribution is -2.14. The van der Waals surface area contributed by atoms with Crippen LogP contribution in [0.2, 0.25) is 0 Å². The van der Waals surface area contributed by atoms with Crippen molar-refractivity contribution in [3.05, 3.63) is 82.2 Å². The summed E-state index contributed by atoms with van der Waals surface area (Å²) in [6.07, 6.45) is 11.6. The molecule has 30 heavy (non-hydrogen) atoms. The summed E-state index contributed by atoms with van der Waals surface area (Å²) in [4.78, 5) is 0. The van der Waals surface area contributed by atoms with Crippen molar-refractivity contribution >= 4 is 10.8 Å². The van der Waals surface area contributed by atoms with Crippen molar-refractivity contribution < 1.29 is 4.39 Å². The summed E-state index contributed by atoms with van der Waals surface area (Å²) in [5.41, 5.74) is 6.60. The summed E-state index contributed by atoms with van der Waals surface area (Å²) in [6, 6.07) is 17.5. The number of halogens is 1. The molecule has 0 amide bonds. The topological polar surface area (TPSA) is 0 Å². The number of fused-ring (bicyclic) bond motifs is 2. The van der Waals surface area contributed by atoms with Crippen LogP contribution in [0.1, 0.15) is 86.1 Å². The van der Waals surface area contributed by atoms with E-state index in [0.717, 1.165) is 42.0 Å². The van der Waals surface area contributed by atoms with Crippen LogP contribution in [-0.4, -0.2) is 0 Å². The highest BCUT2D eigenvalue weighted by Crippen LogP contribution is 2.36. The van der Waals surface area contributed by atoms with Crippen LogP contribution in [-0.2, 0) is 25.7 Å². The van der Waals surface area contributed by atoms with Crippen molar-refractivity contribution in [3.63, 3.8) is 0 Å². The largest absolute Gasteiger partial charge is 0.206 e. The smallest absolute Gasteiger partial charge is 0.134 e. The van der Waals surface area contributed by atoms with Crippen molar-refractivity contribution in [2.45, 2.75) is 84.0 Å². The van der Waals surface area contributed by atoms with Gasteiger partial charge in [-0.1, -0.05) is 81.6 Å². The summed E-state index contributed by atoms with van der Waals surface area (Å²) >= 11 is 0. The van der Waals surface area contributed by atoms with Gasteiger partial charge in [0.25, 0.3) is 0 Å². The average Bonchev–Trinajstić information content (AvgIpc) is 2.78. The average molecular weight is 403 g/mol. The molecule has 0 saturated carbocycles. The van der Waals surface area contributed by atoms with Crippen LogP contribution in [0.5, 0.6) is 0 Å². The number of aryl methyl sites for hydroxylation is 3. The molecule has 1 aliphatic rings. The minimum Gasteiger partial charge on any atom is -0.206 e. The molecule has 0 aliphatic heterocycles. The third-order valence-corrected chi connectivity index (χ3v) is 6.88. The maximum atomic E-state index is 15.5. The Morgan fingerprint density at radius 3 is 2.40 bits per heavy atom. The Morgan fingerprint density at radius 2 is 1.57 bits per heavy atom. The molecule has 1 unspecified atom stereocenters. The first kappa shape index (κ1) is 21.1. The van der Waals surface area contributed by atoms with E-state index in [9.17, 15) is 0 Å².